The molecule has 0 fully saturated rings. The van der Waals surface area contributed by atoms with Crippen LogP contribution in [0.15, 0.2) is 54.9 Å². The van der Waals surface area contributed by atoms with Gasteiger partial charge < -0.3 is 9.88 Å². The summed E-state index contributed by atoms with van der Waals surface area (Å²) < 4.78 is 1.92. The smallest absolute Gasteiger partial charge is 0.250 e. The normalized spacial score (nSPS) is 11.7. The highest BCUT2D eigenvalue weighted by Gasteiger charge is 2.30. The summed E-state index contributed by atoms with van der Waals surface area (Å²) in [7, 11) is 0. The molecule has 1 atom stereocenters. The molecule has 0 aliphatic carbocycles. The minimum absolute atomic E-state index is 0.302. The highest BCUT2D eigenvalue weighted by atomic mass is 16.2. The van der Waals surface area contributed by atoms with Crippen LogP contribution < -0.4 is 5.32 Å². The Hall–Kier alpha value is -3.46. The van der Waals surface area contributed by atoms with Crippen molar-refractivity contribution >= 4 is 28.4 Å². The summed E-state index contributed by atoms with van der Waals surface area (Å²) in [6, 6.07) is 14.3. The molecule has 0 aliphatic heterocycles. The number of carbonyl (C=O) groups excluding carboxylic acids is 2. The highest BCUT2D eigenvalue weighted by molar-refractivity contribution is 6.19. The summed E-state index contributed by atoms with van der Waals surface area (Å²) in [4.78, 5) is 29.2. The number of pyridine rings is 1. The van der Waals surface area contributed by atoms with Crippen molar-refractivity contribution in [2.24, 2.45) is 5.92 Å². The Bertz CT molecular complexity index is 970. The Morgan fingerprint density at radius 3 is 2.68 bits per heavy atom. The number of Topliss-reactive ketones (excluding diaryl/α,β-unsaturated/α-hetero) is 1. The third-order valence-corrected chi connectivity index (χ3v) is 3.96. The van der Waals surface area contributed by atoms with Gasteiger partial charge in [-0.05, 0) is 25.1 Å². The maximum atomic E-state index is 12.8. The molecule has 0 spiro atoms. The molecule has 0 bridgehead atoms. The van der Waals surface area contributed by atoms with Crippen LogP contribution in [0.3, 0.4) is 0 Å². The minimum atomic E-state index is -1.43. The number of hydrogen-bond donors (Lipinski definition) is 1. The maximum Gasteiger partial charge on any atom is 0.250 e. The Morgan fingerprint density at radius 1 is 1.24 bits per heavy atom. The summed E-state index contributed by atoms with van der Waals surface area (Å²) >= 11 is 0. The predicted octanol–water partition coefficient (Wildman–Crippen LogP) is 3.02. The van der Waals surface area contributed by atoms with Crippen molar-refractivity contribution in [3.8, 4) is 6.07 Å². The summed E-state index contributed by atoms with van der Waals surface area (Å²) in [5.41, 5.74) is 1.27. The highest BCUT2D eigenvalue weighted by Crippen LogP contribution is 2.24. The average Bonchev–Trinajstić information content (AvgIpc) is 3.02. The van der Waals surface area contributed by atoms with Crippen LogP contribution in [-0.2, 0) is 11.3 Å². The van der Waals surface area contributed by atoms with Gasteiger partial charge in [-0.15, -0.1) is 0 Å². The Kier molecular flexibility index (Phi) is 4.57. The van der Waals surface area contributed by atoms with Gasteiger partial charge in [-0.1, -0.05) is 24.3 Å². The summed E-state index contributed by atoms with van der Waals surface area (Å²) in [6.45, 7) is 2.65. The van der Waals surface area contributed by atoms with Crippen molar-refractivity contribution in [2.45, 2.75) is 13.5 Å². The first kappa shape index (κ1) is 16.4. The lowest BCUT2D eigenvalue weighted by Gasteiger charge is -2.08. The van der Waals surface area contributed by atoms with Gasteiger partial charge in [0.05, 0.1) is 6.07 Å². The number of amides is 1. The fourth-order valence-corrected chi connectivity index (χ4v) is 2.73. The molecule has 0 saturated carbocycles. The van der Waals surface area contributed by atoms with Gasteiger partial charge in [0, 0.05) is 35.4 Å². The number of carbonyl (C=O) groups is 2. The Balaban J connectivity index is 1.93. The number of para-hydroxylation sites is 1. The van der Waals surface area contributed by atoms with Gasteiger partial charge in [0.2, 0.25) is 0 Å². The third kappa shape index (κ3) is 3.12. The number of rotatable bonds is 5. The first-order valence-electron chi connectivity index (χ1n) is 7.89. The lowest BCUT2D eigenvalue weighted by molar-refractivity contribution is -0.117. The number of aromatic nitrogens is 2. The average molecular weight is 332 g/mol. The van der Waals surface area contributed by atoms with Crippen molar-refractivity contribution in [3.63, 3.8) is 0 Å². The van der Waals surface area contributed by atoms with Crippen LogP contribution in [0.4, 0.5) is 5.82 Å². The molecule has 1 N–H and O–H groups in total. The zero-order chi connectivity index (χ0) is 17.8. The molecular formula is C19H16N4O2. The minimum Gasteiger partial charge on any atom is -0.347 e. The van der Waals surface area contributed by atoms with E-state index in [2.05, 4.69) is 10.3 Å². The first-order valence-corrected chi connectivity index (χ1v) is 7.89. The van der Waals surface area contributed by atoms with Gasteiger partial charge in [0.15, 0.2) is 11.7 Å². The molecule has 1 aromatic carbocycles. The molecule has 6 nitrogen and oxygen atoms in total. The molecule has 25 heavy (non-hydrogen) atoms. The SMILES string of the molecule is CCn1cc(C(=O)[C@H](C#N)C(=O)Nc2ccccn2)c2ccccc21. The second-order valence-electron chi connectivity index (χ2n) is 5.48. The molecule has 3 rings (SSSR count). The van der Waals surface area contributed by atoms with E-state index in [0.717, 1.165) is 10.9 Å². The number of ketones is 1. The van der Waals surface area contributed by atoms with Crippen molar-refractivity contribution in [3.05, 3.63) is 60.4 Å². The molecule has 0 unspecified atom stereocenters. The number of fused-ring (bicyclic) bond motifs is 1. The topological polar surface area (TPSA) is 87.8 Å². The fourth-order valence-electron chi connectivity index (χ4n) is 2.73. The van der Waals surface area contributed by atoms with Gasteiger partial charge in [0.1, 0.15) is 5.82 Å². The monoisotopic (exact) mass is 332 g/mol. The number of benzene rings is 1. The number of aryl methyl sites for hydroxylation is 1. The number of nitriles is 1. The van der Waals surface area contributed by atoms with Crippen molar-refractivity contribution < 1.29 is 9.59 Å². The maximum absolute atomic E-state index is 12.8. The second-order valence-corrected chi connectivity index (χ2v) is 5.48. The van der Waals surface area contributed by atoms with E-state index in [1.807, 2.05) is 41.8 Å². The van der Waals surface area contributed by atoms with Gasteiger partial charge >= 0.3 is 0 Å². The quantitative estimate of drug-likeness (QED) is 0.574. The van der Waals surface area contributed by atoms with E-state index in [9.17, 15) is 14.9 Å². The fraction of sp³-hybridized carbons (Fsp3) is 0.158. The van der Waals surface area contributed by atoms with E-state index in [1.165, 1.54) is 6.20 Å². The van der Waals surface area contributed by atoms with E-state index in [1.54, 1.807) is 24.4 Å². The summed E-state index contributed by atoms with van der Waals surface area (Å²) in [6.07, 6.45) is 3.22. The number of anilines is 1. The van der Waals surface area contributed by atoms with Gasteiger partial charge in [-0.25, -0.2) is 4.98 Å². The number of hydrogen-bond acceptors (Lipinski definition) is 4. The zero-order valence-corrected chi connectivity index (χ0v) is 13.6. The lowest BCUT2D eigenvalue weighted by atomic mass is 9.97. The molecule has 3 aromatic rings. The molecule has 2 heterocycles. The van der Waals surface area contributed by atoms with Crippen molar-refractivity contribution in [2.75, 3.05) is 5.32 Å². The lowest BCUT2D eigenvalue weighted by Crippen LogP contribution is -2.29. The van der Waals surface area contributed by atoms with Crippen LogP contribution in [0.2, 0.25) is 0 Å². The Labute approximate surface area is 144 Å². The van der Waals surface area contributed by atoms with Crippen LogP contribution in [0.25, 0.3) is 10.9 Å². The van der Waals surface area contributed by atoms with E-state index in [0.29, 0.717) is 17.9 Å². The van der Waals surface area contributed by atoms with Crippen molar-refractivity contribution in [1.29, 1.82) is 5.26 Å². The van der Waals surface area contributed by atoms with Crippen molar-refractivity contribution in [1.82, 2.24) is 9.55 Å². The molecule has 0 saturated heterocycles. The van der Waals surface area contributed by atoms with Crippen LogP contribution >= 0.6 is 0 Å². The van der Waals surface area contributed by atoms with Gasteiger partial charge in [-0.2, -0.15) is 5.26 Å². The molecule has 6 heteroatoms. The van der Waals surface area contributed by atoms with Gasteiger partial charge in [-0.3, -0.25) is 9.59 Å². The van der Waals surface area contributed by atoms with Gasteiger partial charge in [0.25, 0.3) is 5.91 Å². The van der Waals surface area contributed by atoms with E-state index in [-0.39, 0.29) is 0 Å². The number of nitrogens with zero attached hydrogens (tertiary/aromatic N) is 3. The van der Waals surface area contributed by atoms with Crippen LogP contribution in [0.5, 0.6) is 0 Å². The van der Waals surface area contributed by atoms with Crippen LogP contribution in [0, 0.1) is 17.2 Å². The van der Waals surface area contributed by atoms with Crippen LogP contribution in [-0.4, -0.2) is 21.2 Å². The van der Waals surface area contributed by atoms with Crippen LogP contribution in [0.1, 0.15) is 17.3 Å². The summed E-state index contributed by atoms with van der Waals surface area (Å²) in [5, 5.41) is 12.6. The second kappa shape index (κ2) is 6.97. The molecule has 0 radical (unpaired) electrons. The zero-order valence-electron chi connectivity index (χ0n) is 13.6. The molecule has 0 aliphatic rings. The molecular weight excluding hydrogens is 316 g/mol. The van der Waals surface area contributed by atoms with E-state index in [4.69, 9.17) is 0 Å². The third-order valence-electron chi connectivity index (χ3n) is 3.96. The molecule has 2 aromatic heterocycles. The molecule has 124 valence electrons. The molecule has 1 amide bonds. The number of nitrogens with one attached hydrogen (secondary N) is 1. The summed E-state index contributed by atoms with van der Waals surface area (Å²) in [5.74, 6) is -2.33. The largest absolute Gasteiger partial charge is 0.347 e. The van der Waals surface area contributed by atoms with E-state index < -0.39 is 17.6 Å². The Morgan fingerprint density at radius 2 is 2.00 bits per heavy atom. The predicted molar refractivity (Wildman–Crippen MR) is 93.9 cm³/mol. The standard InChI is InChI=1S/C19H16N4O2/c1-2-23-12-15(13-7-3-4-8-16(13)23)18(24)14(11-20)19(25)22-17-9-5-6-10-21-17/h3-10,12,14H,2H2,1H3,(H,21,22,25)/t14-/m0/s1. The van der Waals surface area contributed by atoms with E-state index >= 15 is 0 Å². The first-order chi connectivity index (χ1) is 12.2.